The van der Waals surface area contributed by atoms with E-state index < -0.39 is 5.41 Å². The second kappa shape index (κ2) is 13.5. The average Bonchev–Trinajstić information content (AvgIpc) is 3.63. The lowest BCUT2D eigenvalue weighted by Gasteiger charge is -2.39. The van der Waals surface area contributed by atoms with Crippen molar-refractivity contribution in [2.75, 3.05) is 0 Å². The van der Waals surface area contributed by atoms with Gasteiger partial charge in [0.15, 0.2) is 17.5 Å². The van der Waals surface area contributed by atoms with Crippen LogP contribution in [0.2, 0.25) is 0 Å². The predicted octanol–water partition coefficient (Wildman–Crippen LogP) is 13.2. The number of fused-ring (bicyclic) bond motifs is 10. The minimum Gasteiger partial charge on any atom is -0.457 e. The number of hydrogen-bond donors (Lipinski definition) is 0. The van der Waals surface area contributed by atoms with Crippen LogP contribution in [0, 0.1) is 0 Å². The van der Waals surface area contributed by atoms with E-state index in [9.17, 15) is 0 Å². The molecule has 1 spiro atoms. The molecule has 3 heterocycles. The number of nitrogens with zero attached hydrogens (tertiary/aromatic N) is 4. The predicted molar refractivity (Wildman–Crippen MR) is 240 cm³/mol. The number of rotatable bonds is 5. The van der Waals surface area contributed by atoms with Crippen LogP contribution in [0.3, 0.4) is 0 Å². The van der Waals surface area contributed by atoms with Crippen LogP contribution in [0.4, 0.5) is 0 Å². The topological polar surface area (TPSA) is 60.8 Å². The van der Waals surface area contributed by atoms with Crippen molar-refractivity contribution < 1.29 is 4.74 Å². The Morgan fingerprint density at radius 2 is 0.817 bits per heavy atom. The van der Waals surface area contributed by atoms with Crippen LogP contribution in [0.25, 0.3) is 78.4 Å². The van der Waals surface area contributed by atoms with Gasteiger partial charge in [-0.3, -0.25) is 4.98 Å². The summed E-state index contributed by atoms with van der Waals surface area (Å²) < 4.78 is 6.72. The summed E-state index contributed by atoms with van der Waals surface area (Å²) in [4.78, 5) is 20.8. The van der Waals surface area contributed by atoms with Crippen molar-refractivity contribution in [1.29, 1.82) is 0 Å². The van der Waals surface area contributed by atoms with Crippen molar-refractivity contribution in [2.45, 2.75) is 5.41 Å². The first-order valence-electron chi connectivity index (χ1n) is 20.2. The zero-order valence-corrected chi connectivity index (χ0v) is 32.3. The van der Waals surface area contributed by atoms with Crippen LogP contribution in [0.15, 0.2) is 206 Å². The Balaban J connectivity index is 1.21. The highest BCUT2D eigenvalue weighted by atomic mass is 16.5. The van der Waals surface area contributed by atoms with Gasteiger partial charge in [-0.2, -0.15) is 0 Å². The van der Waals surface area contributed by atoms with Gasteiger partial charge in [-0.1, -0.05) is 182 Å². The Labute approximate surface area is 347 Å². The second-order valence-electron chi connectivity index (χ2n) is 15.3. The molecule has 60 heavy (non-hydrogen) atoms. The zero-order chi connectivity index (χ0) is 39.6. The SMILES string of the molecule is c1ccc(-c2nc(-c3ccccc3)nc(-c3cccc4c3-c3c(-c5ccc(-c6ccccc6)c6cccnc56)cccc3C43c4ccccc4Oc4ccccc43)n2)cc1. The third-order valence-electron chi connectivity index (χ3n) is 12.1. The fourth-order valence-corrected chi connectivity index (χ4v) is 9.59. The second-order valence-corrected chi connectivity index (χ2v) is 15.3. The largest absolute Gasteiger partial charge is 0.457 e. The maximum absolute atomic E-state index is 6.72. The van der Waals surface area contributed by atoms with Crippen LogP contribution >= 0.6 is 0 Å². The van der Waals surface area contributed by atoms with Crippen LogP contribution < -0.4 is 4.74 Å². The molecule has 280 valence electrons. The van der Waals surface area contributed by atoms with Gasteiger partial charge in [0.2, 0.25) is 0 Å². The fraction of sp³-hybridized carbons (Fsp3) is 0.0182. The molecule has 2 aromatic heterocycles. The van der Waals surface area contributed by atoms with Gasteiger partial charge in [-0.05, 0) is 57.1 Å². The minimum atomic E-state index is -0.715. The van der Waals surface area contributed by atoms with Crippen molar-refractivity contribution in [3.05, 3.63) is 229 Å². The first kappa shape index (κ1) is 34.1. The highest BCUT2D eigenvalue weighted by Gasteiger charge is 2.52. The molecule has 0 radical (unpaired) electrons. The van der Waals surface area contributed by atoms with E-state index >= 15 is 0 Å². The highest BCUT2D eigenvalue weighted by Crippen LogP contribution is 2.64. The van der Waals surface area contributed by atoms with Gasteiger partial charge in [0.25, 0.3) is 0 Å². The molecule has 5 heteroatoms. The first-order valence-corrected chi connectivity index (χ1v) is 20.2. The summed E-state index contributed by atoms with van der Waals surface area (Å²) in [5.74, 6) is 3.51. The van der Waals surface area contributed by atoms with E-state index in [4.69, 9.17) is 24.7 Å². The summed E-state index contributed by atoms with van der Waals surface area (Å²) in [6.45, 7) is 0. The molecule has 1 aliphatic heterocycles. The lowest BCUT2D eigenvalue weighted by molar-refractivity contribution is 0.436. The Morgan fingerprint density at radius 1 is 0.333 bits per heavy atom. The smallest absolute Gasteiger partial charge is 0.164 e. The summed E-state index contributed by atoms with van der Waals surface area (Å²) in [6, 6.07) is 69.9. The van der Waals surface area contributed by atoms with Gasteiger partial charge in [-0.25, -0.2) is 15.0 Å². The lowest BCUT2D eigenvalue weighted by Crippen LogP contribution is -2.32. The Bertz CT molecular complexity index is 3190. The van der Waals surface area contributed by atoms with E-state index in [1.807, 2.05) is 48.7 Å². The van der Waals surface area contributed by atoms with E-state index in [2.05, 4.69) is 158 Å². The van der Waals surface area contributed by atoms with Crippen molar-refractivity contribution in [3.8, 4) is 79.0 Å². The molecule has 0 bridgehead atoms. The number of ether oxygens (including phenoxy) is 1. The number of para-hydroxylation sites is 2. The first-order chi connectivity index (χ1) is 29.8. The molecule has 0 N–H and O–H groups in total. The van der Waals surface area contributed by atoms with Crippen molar-refractivity contribution in [3.63, 3.8) is 0 Å². The zero-order valence-electron chi connectivity index (χ0n) is 32.3. The standard InChI is InChI=1S/C55H34N4O/c1-4-17-35(18-5-1)38-32-33-41(51-40(38)25-16-34-56-51)39-23-14-28-45-49(39)50-42(54-58-52(36-19-6-2-7-20-36)57-53(59-54)37-21-8-3-9-22-37)24-15-29-46(50)55(45)43-26-10-12-30-47(43)60-48-31-13-11-27-44(48)55/h1-34H. The Morgan fingerprint density at radius 3 is 1.43 bits per heavy atom. The molecule has 2 aliphatic rings. The highest BCUT2D eigenvalue weighted by molar-refractivity contribution is 6.08. The van der Waals surface area contributed by atoms with Crippen molar-refractivity contribution in [2.24, 2.45) is 0 Å². The van der Waals surface area contributed by atoms with Crippen molar-refractivity contribution in [1.82, 2.24) is 19.9 Å². The van der Waals surface area contributed by atoms with Crippen molar-refractivity contribution >= 4 is 10.9 Å². The molecular formula is C55H34N4O. The third kappa shape index (κ3) is 5.06. The van der Waals surface area contributed by atoms with Gasteiger partial charge < -0.3 is 4.74 Å². The monoisotopic (exact) mass is 766 g/mol. The number of hydrogen-bond acceptors (Lipinski definition) is 5. The van der Waals surface area contributed by atoms with Crippen LogP contribution in [0.5, 0.6) is 11.5 Å². The normalized spacial score (nSPS) is 12.9. The number of aromatic nitrogens is 4. The summed E-state index contributed by atoms with van der Waals surface area (Å²) in [5, 5.41) is 1.10. The lowest BCUT2D eigenvalue weighted by atomic mass is 9.66. The van der Waals surface area contributed by atoms with E-state index in [0.29, 0.717) is 17.5 Å². The number of pyridine rings is 1. The Hall–Kier alpha value is -8.02. The summed E-state index contributed by atoms with van der Waals surface area (Å²) in [5.41, 5.74) is 14.1. The summed E-state index contributed by atoms with van der Waals surface area (Å²) in [6.07, 6.45) is 1.90. The molecule has 1 aliphatic carbocycles. The average molecular weight is 767 g/mol. The molecule has 8 aromatic carbocycles. The van der Waals surface area contributed by atoms with Gasteiger partial charge in [-0.15, -0.1) is 0 Å². The van der Waals surface area contributed by atoms with Gasteiger partial charge >= 0.3 is 0 Å². The molecule has 0 saturated heterocycles. The molecule has 5 nitrogen and oxygen atoms in total. The van der Waals surface area contributed by atoms with Gasteiger partial charge in [0, 0.05) is 45.0 Å². The fourth-order valence-electron chi connectivity index (χ4n) is 9.59. The van der Waals surface area contributed by atoms with E-state index in [-0.39, 0.29) is 0 Å². The van der Waals surface area contributed by atoms with Crippen LogP contribution in [0.1, 0.15) is 22.3 Å². The Kier molecular flexibility index (Phi) is 7.69. The quantitative estimate of drug-likeness (QED) is 0.175. The van der Waals surface area contributed by atoms with Gasteiger partial charge in [0.05, 0.1) is 10.9 Å². The van der Waals surface area contributed by atoms with Crippen LogP contribution in [-0.4, -0.2) is 19.9 Å². The molecular weight excluding hydrogens is 733 g/mol. The summed E-state index contributed by atoms with van der Waals surface area (Å²) >= 11 is 0. The van der Waals surface area contributed by atoms with E-state index in [0.717, 1.165) is 89.2 Å². The molecule has 0 saturated carbocycles. The molecule has 0 fully saturated rings. The maximum atomic E-state index is 6.72. The third-order valence-corrected chi connectivity index (χ3v) is 12.1. The maximum Gasteiger partial charge on any atom is 0.164 e. The minimum absolute atomic E-state index is 0.605. The molecule has 0 atom stereocenters. The molecule has 10 aromatic rings. The molecule has 0 unspecified atom stereocenters. The summed E-state index contributed by atoms with van der Waals surface area (Å²) in [7, 11) is 0. The van der Waals surface area contributed by atoms with E-state index in [1.54, 1.807) is 0 Å². The molecule has 12 rings (SSSR count). The number of benzene rings is 8. The molecule has 0 amide bonds. The van der Waals surface area contributed by atoms with Crippen LogP contribution in [-0.2, 0) is 5.41 Å². The van der Waals surface area contributed by atoms with E-state index in [1.165, 1.54) is 5.56 Å². The van der Waals surface area contributed by atoms with Gasteiger partial charge in [0.1, 0.15) is 11.5 Å².